The van der Waals surface area contributed by atoms with Crippen LogP contribution in [0.15, 0.2) is 41.3 Å². The quantitative estimate of drug-likeness (QED) is 0.690. The van der Waals surface area contributed by atoms with E-state index in [0.29, 0.717) is 25.9 Å². The number of benzene rings is 1. The lowest BCUT2D eigenvalue weighted by molar-refractivity contribution is -0.0148. The number of amides is 2. The molecule has 2 bridgehead atoms. The summed E-state index contributed by atoms with van der Waals surface area (Å²) in [7, 11) is 0. The Morgan fingerprint density at radius 1 is 1.23 bits per heavy atom. The summed E-state index contributed by atoms with van der Waals surface area (Å²) in [5, 5.41) is 2.79. The Kier molecular flexibility index (Phi) is 3.97. The van der Waals surface area contributed by atoms with Gasteiger partial charge in [-0.2, -0.15) is 0 Å². The second-order valence-electron chi connectivity index (χ2n) is 8.82. The zero-order valence-electron chi connectivity index (χ0n) is 16.9. The molecule has 3 aliphatic rings. The summed E-state index contributed by atoms with van der Waals surface area (Å²) in [6, 6.07) is 9.46. The van der Waals surface area contributed by atoms with Crippen molar-refractivity contribution in [1.82, 2.24) is 14.8 Å². The molecule has 0 radical (unpaired) electrons. The Morgan fingerprint density at radius 2 is 1.97 bits per heavy atom. The molecule has 30 heavy (non-hydrogen) atoms. The van der Waals surface area contributed by atoms with Crippen molar-refractivity contribution >= 4 is 11.8 Å². The highest BCUT2D eigenvalue weighted by atomic mass is 16.2. The van der Waals surface area contributed by atoms with Gasteiger partial charge in [0.2, 0.25) is 0 Å². The van der Waals surface area contributed by atoms with Crippen molar-refractivity contribution in [3.8, 4) is 0 Å². The van der Waals surface area contributed by atoms with E-state index in [4.69, 9.17) is 11.5 Å². The molecular formula is C22H25N5O3. The smallest absolute Gasteiger partial charge is 0.273 e. The van der Waals surface area contributed by atoms with E-state index >= 15 is 0 Å². The third-order valence-electron chi connectivity index (χ3n) is 6.98. The minimum atomic E-state index is -0.892. The van der Waals surface area contributed by atoms with Crippen LogP contribution in [-0.4, -0.2) is 32.6 Å². The van der Waals surface area contributed by atoms with Crippen LogP contribution >= 0.6 is 0 Å². The van der Waals surface area contributed by atoms with Gasteiger partial charge < -0.3 is 21.4 Å². The Hall–Kier alpha value is -2.97. The number of nitrogens with zero attached hydrogens (tertiary/aromatic N) is 2. The monoisotopic (exact) mass is 407 g/mol. The molecule has 3 heterocycles. The van der Waals surface area contributed by atoms with Crippen molar-refractivity contribution in [3.63, 3.8) is 0 Å². The molecule has 1 saturated carbocycles. The first-order chi connectivity index (χ1) is 14.2. The van der Waals surface area contributed by atoms with Crippen LogP contribution in [0.3, 0.4) is 0 Å². The first-order valence-corrected chi connectivity index (χ1v) is 10.2. The van der Waals surface area contributed by atoms with E-state index in [0.717, 1.165) is 12.0 Å². The Bertz CT molecular complexity index is 1130. The van der Waals surface area contributed by atoms with Gasteiger partial charge in [-0.15, -0.1) is 0 Å². The van der Waals surface area contributed by atoms with Crippen LogP contribution in [0.1, 0.15) is 51.2 Å². The number of hydrogen-bond acceptors (Lipinski definition) is 5. The molecule has 0 spiro atoms. The van der Waals surface area contributed by atoms with Crippen molar-refractivity contribution in [2.24, 2.45) is 17.4 Å². The van der Waals surface area contributed by atoms with Crippen molar-refractivity contribution in [1.29, 1.82) is 0 Å². The molecule has 8 heteroatoms. The predicted octanol–water partition coefficient (Wildman–Crippen LogP) is 0.666. The number of nitrogens with two attached hydrogens (primary N) is 2. The number of nitrogens with one attached hydrogen (secondary N) is 1. The number of pyridine rings is 1. The fourth-order valence-corrected chi connectivity index (χ4v) is 5.50. The molecule has 2 aliphatic heterocycles. The van der Waals surface area contributed by atoms with Gasteiger partial charge in [0.15, 0.2) is 5.43 Å². The minimum Gasteiger partial charge on any atom is -0.348 e. The van der Waals surface area contributed by atoms with Gasteiger partial charge in [0.1, 0.15) is 16.9 Å². The molecular weight excluding hydrogens is 382 g/mol. The highest BCUT2D eigenvalue weighted by molar-refractivity contribution is 5.99. The van der Waals surface area contributed by atoms with Gasteiger partial charge >= 0.3 is 0 Å². The average Bonchev–Trinajstić information content (AvgIpc) is 3.21. The molecule has 5 rings (SSSR count). The zero-order valence-corrected chi connectivity index (χ0v) is 16.9. The highest BCUT2D eigenvalue weighted by Gasteiger charge is 2.65. The van der Waals surface area contributed by atoms with Crippen LogP contribution in [0, 0.1) is 12.8 Å². The summed E-state index contributed by atoms with van der Waals surface area (Å²) in [6.07, 6.45) is 3.73. The van der Waals surface area contributed by atoms with E-state index < -0.39 is 22.7 Å². The third-order valence-corrected chi connectivity index (χ3v) is 6.98. The van der Waals surface area contributed by atoms with E-state index in [9.17, 15) is 14.4 Å². The molecule has 1 aromatic heterocycles. The maximum absolute atomic E-state index is 13.4. The van der Waals surface area contributed by atoms with E-state index in [-0.39, 0.29) is 28.6 Å². The lowest BCUT2D eigenvalue weighted by atomic mass is 9.88. The summed E-state index contributed by atoms with van der Waals surface area (Å²) in [5.41, 5.74) is 12.6. The lowest BCUT2D eigenvalue weighted by Crippen LogP contribution is -2.72. The number of carbonyl (C=O) groups is 2. The molecule has 0 unspecified atom stereocenters. The highest BCUT2D eigenvalue weighted by Crippen LogP contribution is 2.53. The van der Waals surface area contributed by atoms with E-state index in [1.54, 1.807) is 16.4 Å². The number of piperidine rings is 1. The fraction of sp³-hybridized carbons (Fsp3) is 0.409. The predicted molar refractivity (Wildman–Crippen MR) is 110 cm³/mol. The van der Waals surface area contributed by atoms with E-state index in [1.165, 1.54) is 6.20 Å². The summed E-state index contributed by atoms with van der Waals surface area (Å²) >= 11 is 0. The van der Waals surface area contributed by atoms with Crippen LogP contribution in [0.4, 0.5) is 0 Å². The first-order valence-electron chi connectivity index (χ1n) is 10.2. The van der Waals surface area contributed by atoms with Gasteiger partial charge in [0.05, 0.1) is 12.2 Å². The minimum absolute atomic E-state index is 0.0163. The SMILES string of the molecule is Cc1c2n(cc(C(=O)NCc3ccccc3)c1=O)C[C@@]1(N)[C@@H]3CC[C@@](N)(C3)N1C2=O. The molecule has 3 atom stereocenters. The van der Waals surface area contributed by atoms with Crippen LogP contribution in [-0.2, 0) is 13.1 Å². The van der Waals surface area contributed by atoms with Crippen LogP contribution in [0.2, 0.25) is 0 Å². The topological polar surface area (TPSA) is 123 Å². The van der Waals surface area contributed by atoms with Crippen molar-refractivity contribution < 1.29 is 9.59 Å². The average molecular weight is 407 g/mol. The Morgan fingerprint density at radius 3 is 2.70 bits per heavy atom. The number of carbonyl (C=O) groups excluding carboxylic acids is 2. The number of aromatic nitrogens is 1. The molecule has 156 valence electrons. The molecule has 5 N–H and O–H groups in total. The van der Waals surface area contributed by atoms with Crippen LogP contribution in [0.5, 0.6) is 0 Å². The first kappa shape index (κ1) is 19.0. The van der Waals surface area contributed by atoms with Crippen LogP contribution in [0.25, 0.3) is 0 Å². The largest absolute Gasteiger partial charge is 0.348 e. The van der Waals surface area contributed by atoms with Crippen LogP contribution < -0.4 is 22.2 Å². The number of fused-ring (bicyclic) bond motifs is 6. The third kappa shape index (κ3) is 2.50. The second kappa shape index (κ2) is 6.26. The Balaban J connectivity index is 1.51. The summed E-state index contributed by atoms with van der Waals surface area (Å²) in [6.45, 7) is 2.21. The maximum Gasteiger partial charge on any atom is 0.273 e. The molecule has 2 amide bonds. The summed E-state index contributed by atoms with van der Waals surface area (Å²) in [4.78, 5) is 40.7. The Labute approximate surface area is 173 Å². The number of rotatable bonds is 3. The second-order valence-corrected chi connectivity index (χ2v) is 8.82. The molecule has 1 saturated heterocycles. The molecule has 1 aromatic carbocycles. The number of hydrogen-bond donors (Lipinski definition) is 3. The van der Waals surface area contributed by atoms with E-state index in [1.807, 2.05) is 30.3 Å². The molecule has 1 aliphatic carbocycles. The maximum atomic E-state index is 13.4. The normalized spacial score (nSPS) is 29.0. The fourth-order valence-electron chi connectivity index (χ4n) is 5.50. The lowest BCUT2D eigenvalue weighted by Gasteiger charge is -2.51. The van der Waals surface area contributed by atoms with Crippen molar-refractivity contribution in [3.05, 3.63) is 69.1 Å². The van der Waals surface area contributed by atoms with Gasteiger partial charge in [0.25, 0.3) is 11.8 Å². The zero-order chi connectivity index (χ0) is 21.3. The van der Waals surface area contributed by atoms with Gasteiger partial charge in [-0.05, 0) is 31.7 Å². The standard InChI is InChI=1S/C22H25N5O3/c1-13-17-20(30)27-21(23)8-7-15(9-21)22(27,24)12-26(17)11-16(18(13)28)19(29)25-10-14-5-3-2-4-6-14/h2-6,11,15H,7-10,12,23-24H2,1H3,(H,25,29)/t15-,21+,22+/m1/s1. The summed E-state index contributed by atoms with van der Waals surface area (Å²) < 4.78 is 1.68. The van der Waals surface area contributed by atoms with Gasteiger partial charge in [-0.3, -0.25) is 19.3 Å². The van der Waals surface area contributed by atoms with Gasteiger partial charge in [-0.25, -0.2) is 0 Å². The molecule has 2 aromatic rings. The van der Waals surface area contributed by atoms with Crippen molar-refractivity contribution in [2.75, 3.05) is 0 Å². The summed E-state index contributed by atoms with van der Waals surface area (Å²) in [5.74, 6) is -0.680. The van der Waals surface area contributed by atoms with Gasteiger partial charge in [0, 0.05) is 24.2 Å². The molecule has 8 nitrogen and oxygen atoms in total. The van der Waals surface area contributed by atoms with Gasteiger partial charge in [-0.1, -0.05) is 30.3 Å². The molecule has 2 fully saturated rings. The van der Waals surface area contributed by atoms with Crippen molar-refractivity contribution in [2.45, 2.75) is 50.6 Å². The van der Waals surface area contributed by atoms with E-state index in [2.05, 4.69) is 5.32 Å².